The molecule has 0 bridgehead atoms. The van der Waals surface area contributed by atoms with Gasteiger partial charge in [-0.25, -0.2) is 0 Å². The van der Waals surface area contributed by atoms with Crippen LogP contribution in [0.3, 0.4) is 0 Å². The summed E-state index contributed by atoms with van der Waals surface area (Å²) in [6, 6.07) is 2.12. The highest BCUT2D eigenvalue weighted by Gasteiger charge is 2.50. The smallest absolute Gasteiger partial charge is 0.225 e. The van der Waals surface area contributed by atoms with Gasteiger partial charge in [-0.3, -0.25) is 9.78 Å². The SMILES string of the molecule is Cc1cncc(COC2CCOC3(C2)CN(C(=O)C2CCSCC2)C3)c1. The van der Waals surface area contributed by atoms with E-state index in [9.17, 15) is 4.79 Å². The molecule has 0 N–H and O–H groups in total. The monoisotopic (exact) mass is 376 g/mol. The number of carbonyl (C=O) groups excluding carboxylic acids is 1. The van der Waals surface area contributed by atoms with Crippen LogP contribution in [-0.2, 0) is 20.9 Å². The molecule has 4 heterocycles. The quantitative estimate of drug-likeness (QED) is 0.809. The summed E-state index contributed by atoms with van der Waals surface area (Å²) in [6.07, 6.45) is 7.80. The van der Waals surface area contributed by atoms with Crippen LogP contribution in [0, 0.1) is 12.8 Å². The van der Waals surface area contributed by atoms with Crippen LogP contribution in [0.25, 0.3) is 0 Å². The third-order valence-corrected chi connectivity index (χ3v) is 6.75. The molecule has 1 unspecified atom stereocenters. The van der Waals surface area contributed by atoms with Crippen molar-refractivity contribution in [3.63, 3.8) is 0 Å². The van der Waals surface area contributed by atoms with Gasteiger partial charge in [0.15, 0.2) is 0 Å². The highest BCUT2D eigenvalue weighted by molar-refractivity contribution is 7.99. The molecular weight excluding hydrogens is 348 g/mol. The van der Waals surface area contributed by atoms with Crippen molar-refractivity contribution in [1.29, 1.82) is 0 Å². The molecular formula is C20H28N2O3S. The van der Waals surface area contributed by atoms with Gasteiger partial charge >= 0.3 is 0 Å². The maximum Gasteiger partial charge on any atom is 0.225 e. The minimum Gasteiger partial charge on any atom is -0.373 e. The highest BCUT2D eigenvalue weighted by Crippen LogP contribution is 2.37. The second-order valence-electron chi connectivity index (χ2n) is 7.91. The normalized spacial score (nSPS) is 25.9. The van der Waals surface area contributed by atoms with Crippen LogP contribution < -0.4 is 0 Å². The fourth-order valence-corrected chi connectivity index (χ4v) is 5.37. The molecule has 3 aliphatic rings. The molecule has 1 amide bonds. The van der Waals surface area contributed by atoms with E-state index in [1.54, 1.807) is 0 Å². The largest absolute Gasteiger partial charge is 0.373 e. The Morgan fingerprint density at radius 2 is 2.15 bits per heavy atom. The first-order valence-electron chi connectivity index (χ1n) is 9.66. The van der Waals surface area contributed by atoms with E-state index in [4.69, 9.17) is 9.47 Å². The fourth-order valence-electron chi connectivity index (χ4n) is 4.26. The molecule has 3 aliphatic heterocycles. The highest BCUT2D eigenvalue weighted by atomic mass is 32.2. The van der Waals surface area contributed by atoms with Gasteiger partial charge in [0.2, 0.25) is 5.91 Å². The lowest BCUT2D eigenvalue weighted by Crippen LogP contribution is -2.68. The number of carbonyl (C=O) groups is 1. The van der Waals surface area contributed by atoms with Crippen LogP contribution in [-0.4, -0.2) is 58.7 Å². The van der Waals surface area contributed by atoms with Gasteiger partial charge in [0, 0.05) is 31.3 Å². The number of hydrogen-bond donors (Lipinski definition) is 0. The van der Waals surface area contributed by atoms with Gasteiger partial charge in [-0.2, -0.15) is 11.8 Å². The Kier molecular flexibility index (Phi) is 5.53. The summed E-state index contributed by atoms with van der Waals surface area (Å²) in [5.74, 6) is 2.82. The lowest BCUT2D eigenvalue weighted by atomic mass is 9.83. The number of aromatic nitrogens is 1. The molecule has 1 spiro atoms. The lowest BCUT2D eigenvalue weighted by molar-refractivity contribution is -0.204. The Hall–Kier alpha value is -1.11. The Morgan fingerprint density at radius 3 is 2.92 bits per heavy atom. The Balaban J connectivity index is 1.27. The second kappa shape index (κ2) is 7.87. The number of ether oxygens (including phenoxy) is 2. The van der Waals surface area contributed by atoms with E-state index in [-0.39, 0.29) is 17.6 Å². The molecule has 1 aromatic rings. The fraction of sp³-hybridized carbons (Fsp3) is 0.700. The van der Waals surface area contributed by atoms with Crippen LogP contribution in [0.4, 0.5) is 0 Å². The number of amides is 1. The van der Waals surface area contributed by atoms with Crippen molar-refractivity contribution in [3.05, 3.63) is 29.6 Å². The van der Waals surface area contributed by atoms with Crippen LogP contribution >= 0.6 is 11.8 Å². The van der Waals surface area contributed by atoms with Gasteiger partial charge in [0.05, 0.1) is 25.8 Å². The van der Waals surface area contributed by atoms with Crippen molar-refractivity contribution in [1.82, 2.24) is 9.88 Å². The molecule has 0 aliphatic carbocycles. The molecule has 26 heavy (non-hydrogen) atoms. The Bertz CT molecular complexity index is 642. The van der Waals surface area contributed by atoms with E-state index in [1.807, 2.05) is 36.0 Å². The number of thioether (sulfide) groups is 1. The average molecular weight is 377 g/mol. The number of pyridine rings is 1. The van der Waals surface area contributed by atoms with Crippen molar-refractivity contribution < 1.29 is 14.3 Å². The Labute approximate surface area is 159 Å². The first-order valence-corrected chi connectivity index (χ1v) is 10.8. The summed E-state index contributed by atoms with van der Waals surface area (Å²) >= 11 is 1.96. The molecule has 5 nitrogen and oxygen atoms in total. The zero-order valence-electron chi connectivity index (χ0n) is 15.5. The van der Waals surface area contributed by atoms with E-state index >= 15 is 0 Å². The van der Waals surface area contributed by atoms with E-state index in [0.717, 1.165) is 68.0 Å². The van der Waals surface area contributed by atoms with Crippen molar-refractivity contribution in [2.75, 3.05) is 31.2 Å². The summed E-state index contributed by atoms with van der Waals surface area (Å²) in [4.78, 5) is 18.9. The van der Waals surface area contributed by atoms with Crippen molar-refractivity contribution in [2.45, 2.75) is 50.9 Å². The molecule has 142 valence electrons. The zero-order chi connectivity index (χ0) is 18.0. The third kappa shape index (κ3) is 4.07. The van der Waals surface area contributed by atoms with Gasteiger partial charge in [0.1, 0.15) is 5.60 Å². The molecule has 0 radical (unpaired) electrons. The van der Waals surface area contributed by atoms with Crippen LogP contribution in [0.5, 0.6) is 0 Å². The standard InChI is InChI=1S/C20H28N2O3S/c1-15-8-16(11-21-10-15)12-24-18-2-5-25-20(9-18)13-22(14-20)19(23)17-3-6-26-7-4-17/h8,10-11,17-18H,2-7,9,12-14H2,1H3. The predicted molar refractivity (Wildman–Crippen MR) is 102 cm³/mol. The van der Waals surface area contributed by atoms with Crippen LogP contribution in [0.2, 0.25) is 0 Å². The number of hydrogen-bond acceptors (Lipinski definition) is 5. The van der Waals surface area contributed by atoms with E-state index in [1.165, 1.54) is 0 Å². The minimum absolute atomic E-state index is 0.174. The Morgan fingerprint density at radius 1 is 1.35 bits per heavy atom. The second-order valence-corrected chi connectivity index (χ2v) is 9.13. The van der Waals surface area contributed by atoms with Crippen molar-refractivity contribution in [3.8, 4) is 0 Å². The predicted octanol–water partition coefficient (Wildman–Crippen LogP) is 2.81. The summed E-state index contributed by atoms with van der Waals surface area (Å²) in [7, 11) is 0. The molecule has 6 heteroatoms. The molecule has 3 saturated heterocycles. The van der Waals surface area contributed by atoms with Gasteiger partial charge in [0.25, 0.3) is 0 Å². The summed E-state index contributed by atoms with van der Waals surface area (Å²) in [5.41, 5.74) is 2.10. The van der Waals surface area contributed by atoms with Crippen molar-refractivity contribution >= 4 is 17.7 Å². The van der Waals surface area contributed by atoms with Crippen LogP contribution in [0.1, 0.15) is 36.8 Å². The molecule has 3 fully saturated rings. The molecule has 1 aromatic heterocycles. The van der Waals surface area contributed by atoms with Gasteiger partial charge in [-0.05, 0) is 48.8 Å². The molecule has 0 saturated carbocycles. The van der Waals surface area contributed by atoms with Crippen molar-refractivity contribution in [2.24, 2.45) is 5.92 Å². The average Bonchev–Trinajstić information content (AvgIpc) is 2.65. The van der Waals surface area contributed by atoms with Gasteiger partial charge in [-0.15, -0.1) is 0 Å². The number of aryl methyl sites for hydroxylation is 1. The number of nitrogens with zero attached hydrogens (tertiary/aromatic N) is 2. The van der Waals surface area contributed by atoms with Gasteiger partial charge in [-0.1, -0.05) is 6.07 Å². The molecule has 4 rings (SSSR count). The summed E-state index contributed by atoms with van der Waals surface area (Å²) in [5, 5.41) is 0. The van der Waals surface area contributed by atoms with E-state index < -0.39 is 0 Å². The third-order valence-electron chi connectivity index (χ3n) is 5.71. The number of rotatable bonds is 4. The zero-order valence-corrected chi connectivity index (χ0v) is 16.3. The number of likely N-dealkylation sites (tertiary alicyclic amines) is 1. The summed E-state index contributed by atoms with van der Waals surface area (Å²) in [6.45, 7) is 4.84. The summed E-state index contributed by atoms with van der Waals surface area (Å²) < 4.78 is 12.2. The lowest BCUT2D eigenvalue weighted by Gasteiger charge is -2.53. The molecule has 1 atom stereocenters. The van der Waals surface area contributed by atoms with Crippen LogP contribution in [0.15, 0.2) is 18.5 Å². The van der Waals surface area contributed by atoms with E-state index in [2.05, 4.69) is 11.1 Å². The first-order chi connectivity index (χ1) is 12.6. The minimum atomic E-state index is -0.174. The molecule has 0 aromatic carbocycles. The topological polar surface area (TPSA) is 51.7 Å². The van der Waals surface area contributed by atoms with Gasteiger partial charge < -0.3 is 14.4 Å². The maximum absolute atomic E-state index is 12.7. The first kappa shape index (κ1) is 18.3. The van der Waals surface area contributed by atoms with E-state index in [0.29, 0.717) is 12.5 Å². The maximum atomic E-state index is 12.7.